The molecule has 1 aromatic rings. The predicted octanol–water partition coefficient (Wildman–Crippen LogP) is 4.62. The Morgan fingerprint density at radius 2 is 1.82 bits per heavy atom. The van der Waals surface area contributed by atoms with Gasteiger partial charge < -0.3 is 14.4 Å². The van der Waals surface area contributed by atoms with Gasteiger partial charge in [0.15, 0.2) is 11.5 Å². The summed E-state index contributed by atoms with van der Waals surface area (Å²) in [5, 5.41) is 0. The van der Waals surface area contributed by atoms with Gasteiger partial charge in [-0.2, -0.15) is 26.3 Å². The van der Waals surface area contributed by atoms with Gasteiger partial charge in [0, 0.05) is 12.6 Å². The highest BCUT2D eigenvalue weighted by molar-refractivity contribution is 5.91. The van der Waals surface area contributed by atoms with Crippen LogP contribution in [0, 0.1) is 0 Å². The van der Waals surface area contributed by atoms with Crippen molar-refractivity contribution in [3.63, 3.8) is 0 Å². The first-order chi connectivity index (χ1) is 12.9. The number of hydrogen-bond acceptors (Lipinski definition) is 3. The summed E-state index contributed by atoms with van der Waals surface area (Å²) < 4.78 is 85.0. The Hall–Kier alpha value is -2.65. The van der Waals surface area contributed by atoms with Crippen molar-refractivity contribution in [3.05, 3.63) is 42.5 Å². The van der Waals surface area contributed by atoms with Crippen LogP contribution in [0.3, 0.4) is 0 Å². The van der Waals surface area contributed by atoms with Gasteiger partial charge in [-0.3, -0.25) is 4.79 Å². The first-order valence-corrected chi connectivity index (χ1v) is 7.97. The molecule has 0 spiro atoms. The zero-order valence-electron chi connectivity index (χ0n) is 14.9. The number of hydrogen-bond donors (Lipinski definition) is 0. The van der Waals surface area contributed by atoms with Crippen LogP contribution in [-0.2, 0) is 4.79 Å². The molecule has 1 rings (SSSR count). The first-order valence-electron chi connectivity index (χ1n) is 7.97. The van der Waals surface area contributed by atoms with Crippen LogP contribution in [0.1, 0.15) is 12.0 Å². The molecule has 0 N–H and O–H groups in total. The number of methoxy groups -OCH3 is 1. The van der Waals surface area contributed by atoms with Gasteiger partial charge >= 0.3 is 12.4 Å². The molecule has 0 saturated heterocycles. The van der Waals surface area contributed by atoms with E-state index in [1.165, 1.54) is 37.5 Å². The molecule has 0 atom stereocenters. The molecule has 10 heteroatoms. The molecule has 0 aliphatic rings. The summed E-state index contributed by atoms with van der Waals surface area (Å²) in [7, 11) is 1.37. The van der Waals surface area contributed by atoms with E-state index >= 15 is 0 Å². The van der Waals surface area contributed by atoms with Crippen molar-refractivity contribution in [2.24, 2.45) is 0 Å². The maximum atomic E-state index is 12.6. The monoisotopic (exact) mass is 411 g/mol. The van der Waals surface area contributed by atoms with Gasteiger partial charge in [-0.1, -0.05) is 18.7 Å². The number of nitrogens with zero attached hydrogens (tertiary/aromatic N) is 1. The number of carbonyl (C=O) groups excluding carboxylic acids is 1. The molecule has 0 aliphatic heterocycles. The molecule has 0 radical (unpaired) electrons. The number of ether oxygens (including phenoxy) is 2. The molecular formula is C18H19F6NO3. The highest BCUT2D eigenvalue weighted by Crippen LogP contribution is 2.29. The third kappa shape index (κ3) is 8.83. The third-order valence-electron chi connectivity index (χ3n) is 3.31. The van der Waals surface area contributed by atoms with E-state index in [9.17, 15) is 31.1 Å². The van der Waals surface area contributed by atoms with Gasteiger partial charge in [0.1, 0.15) is 13.2 Å². The zero-order valence-corrected chi connectivity index (χ0v) is 14.9. The van der Waals surface area contributed by atoms with E-state index in [1.807, 2.05) is 0 Å². The largest absolute Gasteiger partial charge is 0.493 e. The van der Waals surface area contributed by atoms with Crippen molar-refractivity contribution in [2.75, 3.05) is 26.8 Å². The lowest BCUT2D eigenvalue weighted by Crippen LogP contribution is -2.40. The van der Waals surface area contributed by atoms with E-state index in [1.54, 1.807) is 0 Å². The quantitative estimate of drug-likeness (QED) is 0.338. The lowest BCUT2D eigenvalue weighted by molar-refractivity contribution is -0.167. The number of benzene rings is 1. The first kappa shape index (κ1) is 23.4. The van der Waals surface area contributed by atoms with Crippen molar-refractivity contribution in [1.82, 2.24) is 4.90 Å². The summed E-state index contributed by atoms with van der Waals surface area (Å²) in [5.41, 5.74) is 0.388. The smallest absolute Gasteiger partial charge is 0.406 e. The highest BCUT2D eigenvalue weighted by atomic mass is 19.4. The number of rotatable bonds is 9. The lowest BCUT2D eigenvalue weighted by atomic mass is 10.2. The molecule has 0 aromatic heterocycles. The molecule has 156 valence electrons. The van der Waals surface area contributed by atoms with E-state index < -0.39 is 37.8 Å². The van der Waals surface area contributed by atoms with Crippen LogP contribution in [0.4, 0.5) is 26.3 Å². The molecule has 1 aromatic carbocycles. The average molecular weight is 411 g/mol. The fourth-order valence-corrected chi connectivity index (χ4v) is 2.07. The maximum Gasteiger partial charge on any atom is 0.406 e. The fraction of sp³-hybridized carbons (Fsp3) is 0.389. The topological polar surface area (TPSA) is 38.8 Å². The Labute approximate surface area is 158 Å². The van der Waals surface area contributed by atoms with E-state index in [-0.39, 0.29) is 11.5 Å². The van der Waals surface area contributed by atoms with E-state index in [4.69, 9.17) is 9.47 Å². The Kier molecular flexibility index (Phi) is 8.39. The average Bonchev–Trinajstić information content (AvgIpc) is 2.60. The van der Waals surface area contributed by atoms with Gasteiger partial charge in [-0.15, -0.1) is 0 Å². The van der Waals surface area contributed by atoms with Crippen LogP contribution in [-0.4, -0.2) is 50.0 Å². The summed E-state index contributed by atoms with van der Waals surface area (Å²) >= 11 is 0. The third-order valence-corrected chi connectivity index (χ3v) is 3.31. The normalized spacial score (nSPS) is 12.1. The van der Waals surface area contributed by atoms with Crippen molar-refractivity contribution in [2.45, 2.75) is 18.8 Å². The number of alkyl halides is 6. The minimum absolute atomic E-state index is 0.1000. The number of carbonyl (C=O) groups is 1. The molecule has 0 bridgehead atoms. The Morgan fingerprint density at radius 1 is 1.14 bits per heavy atom. The fourth-order valence-electron chi connectivity index (χ4n) is 2.07. The highest BCUT2D eigenvalue weighted by Gasteiger charge is 2.35. The van der Waals surface area contributed by atoms with E-state index in [0.29, 0.717) is 17.1 Å². The molecule has 0 heterocycles. The molecule has 0 unspecified atom stereocenters. The lowest BCUT2D eigenvalue weighted by Gasteiger charge is -2.23. The zero-order chi connectivity index (χ0) is 21.4. The summed E-state index contributed by atoms with van der Waals surface area (Å²) in [6, 6.07) is 4.49. The summed E-state index contributed by atoms with van der Waals surface area (Å²) in [6.45, 7) is 0.851. The second kappa shape index (κ2) is 10.0. The van der Waals surface area contributed by atoms with Gasteiger partial charge in [0.05, 0.1) is 13.5 Å². The van der Waals surface area contributed by atoms with Crippen molar-refractivity contribution in [1.29, 1.82) is 0 Å². The van der Waals surface area contributed by atoms with Crippen molar-refractivity contribution in [3.8, 4) is 11.5 Å². The van der Waals surface area contributed by atoms with Crippen LogP contribution >= 0.6 is 0 Å². The standard InChI is InChI=1S/C18H19F6NO3/c1-3-10-28-14-6-4-13(11-15(14)27-2)5-7-16(26)25(12-18(22,23)24)9-8-17(19,20)21/h3-7,11H,1,8-10,12H2,2H3/b7-5+. The predicted molar refractivity (Wildman–Crippen MR) is 91.0 cm³/mol. The second-order valence-corrected chi connectivity index (χ2v) is 5.58. The Morgan fingerprint density at radius 3 is 2.36 bits per heavy atom. The van der Waals surface area contributed by atoms with Crippen LogP contribution in [0.15, 0.2) is 36.9 Å². The van der Waals surface area contributed by atoms with Gasteiger partial charge in [0.25, 0.3) is 0 Å². The maximum absolute atomic E-state index is 12.6. The summed E-state index contributed by atoms with van der Waals surface area (Å²) in [5.74, 6) is -0.497. The van der Waals surface area contributed by atoms with Crippen LogP contribution in [0.25, 0.3) is 6.08 Å². The Bertz CT molecular complexity index is 698. The van der Waals surface area contributed by atoms with Crippen LogP contribution < -0.4 is 9.47 Å². The van der Waals surface area contributed by atoms with Gasteiger partial charge in [-0.25, -0.2) is 0 Å². The van der Waals surface area contributed by atoms with Crippen LogP contribution in [0.2, 0.25) is 0 Å². The summed E-state index contributed by atoms with van der Waals surface area (Å²) in [6.07, 6.45) is -7.56. The minimum atomic E-state index is -4.82. The van der Waals surface area contributed by atoms with Crippen molar-refractivity contribution >= 4 is 12.0 Å². The van der Waals surface area contributed by atoms with Crippen molar-refractivity contribution < 1.29 is 40.6 Å². The molecule has 0 aliphatic carbocycles. The Balaban J connectivity index is 2.92. The molecular weight excluding hydrogens is 392 g/mol. The number of amides is 1. The SMILES string of the molecule is C=CCOc1ccc(/C=C/C(=O)N(CCC(F)(F)F)CC(F)(F)F)cc1OC. The molecule has 1 amide bonds. The number of halogens is 6. The second-order valence-electron chi connectivity index (χ2n) is 5.58. The van der Waals surface area contributed by atoms with Crippen LogP contribution in [0.5, 0.6) is 11.5 Å². The van der Waals surface area contributed by atoms with E-state index in [2.05, 4.69) is 6.58 Å². The molecule has 0 fully saturated rings. The molecule has 0 saturated carbocycles. The van der Waals surface area contributed by atoms with Gasteiger partial charge in [-0.05, 0) is 23.8 Å². The van der Waals surface area contributed by atoms with Gasteiger partial charge in [0.2, 0.25) is 5.91 Å². The minimum Gasteiger partial charge on any atom is -0.493 e. The molecule has 4 nitrogen and oxygen atoms in total. The molecule has 28 heavy (non-hydrogen) atoms. The van der Waals surface area contributed by atoms with E-state index in [0.717, 1.165) is 6.08 Å². The summed E-state index contributed by atoms with van der Waals surface area (Å²) in [4.78, 5) is 12.1.